The van der Waals surface area contributed by atoms with E-state index in [1.54, 1.807) is 0 Å². The quantitative estimate of drug-likeness (QED) is 0.791. The summed E-state index contributed by atoms with van der Waals surface area (Å²) in [5, 5.41) is 14.2. The SMILES string of the molecule is CC(C)(C)CNC(=O)Nc1c(Cl)cc(C(=O)O)cc1Cl. The van der Waals surface area contributed by atoms with Gasteiger partial charge in [0.05, 0.1) is 21.3 Å². The number of halogens is 2. The minimum absolute atomic E-state index is 0.0411. The predicted octanol–water partition coefficient (Wildman–Crippen LogP) is 3.86. The summed E-state index contributed by atoms with van der Waals surface area (Å²) in [4.78, 5) is 22.6. The molecule has 20 heavy (non-hydrogen) atoms. The number of carbonyl (C=O) groups excluding carboxylic acids is 1. The first kappa shape index (κ1) is 16.6. The van der Waals surface area contributed by atoms with Crippen molar-refractivity contribution in [3.63, 3.8) is 0 Å². The lowest BCUT2D eigenvalue weighted by molar-refractivity contribution is 0.0697. The highest BCUT2D eigenvalue weighted by atomic mass is 35.5. The van der Waals surface area contributed by atoms with E-state index in [2.05, 4.69) is 10.6 Å². The fraction of sp³-hybridized carbons (Fsp3) is 0.385. The first-order chi connectivity index (χ1) is 9.10. The molecule has 110 valence electrons. The van der Waals surface area contributed by atoms with E-state index in [-0.39, 0.29) is 26.7 Å². The van der Waals surface area contributed by atoms with Crippen LogP contribution in [0.2, 0.25) is 10.0 Å². The lowest BCUT2D eigenvalue weighted by atomic mass is 9.97. The number of amides is 2. The second kappa shape index (κ2) is 6.33. The molecule has 0 saturated carbocycles. The Labute approximate surface area is 127 Å². The van der Waals surface area contributed by atoms with Crippen molar-refractivity contribution >= 4 is 40.9 Å². The van der Waals surface area contributed by atoms with Crippen molar-refractivity contribution in [2.24, 2.45) is 5.41 Å². The van der Waals surface area contributed by atoms with Gasteiger partial charge in [-0.3, -0.25) is 0 Å². The van der Waals surface area contributed by atoms with Gasteiger partial charge in [0, 0.05) is 6.54 Å². The first-order valence-electron chi connectivity index (χ1n) is 5.87. The average Bonchev–Trinajstić information content (AvgIpc) is 2.30. The lowest BCUT2D eigenvalue weighted by Gasteiger charge is -2.19. The highest BCUT2D eigenvalue weighted by molar-refractivity contribution is 6.40. The summed E-state index contributed by atoms with van der Waals surface area (Å²) in [6.45, 7) is 6.42. The van der Waals surface area contributed by atoms with Gasteiger partial charge >= 0.3 is 12.0 Å². The van der Waals surface area contributed by atoms with E-state index in [0.29, 0.717) is 6.54 Å². The molecule has 1 aromatic rings. The van der Waals surface area contributed by atoms with Crippen molar-refractivity contribution in [1.82, 2.24) is 5.32 Å². The van der Waals surface area contributed by atoms with Crippen LogP contribution in [0.25, 0.3) is 0 Å². The number of carbonyl (C=O) groups is 2. The number of nitrogens with one attached hydrogen (secondary N) is 2. The summed E-state index contributed by atoms with van der Waals surface area (Å²) >= 11 is 11.8. The Bertz CT molecular complexity index is 516. The number of carboxylic acid groups (broad SMARTS) is 1. The van der Waals surface area contributed by atoms with Gasteiger partial charge in [-0.2, -0.15) is 0 Å². The lowest BCUT2D eigenvalue weighted by Crippen LogP contribution is -2.35. The van der Waals surface area contributed by atoms with Crippen LogP contribution >= 0.6 is 23.2 Å². The maximum absolute atomic E-state index is 11.7. The molecule has 0 heterocycles. The Kier molecular flexibility index (Phi) is 5.25. The Morgan fingerprint density at radius 1 is 1.20 bits per heavy atom. The number of benzene rings is 1. The van der Waals surface area contributed by atoms with E-state index >= 15 is 0 Å². The Balaban J connectivity index is 2.83. The molecule has 0 aliphatic rings. The fourth-order valence-electron chi connectivity index (χ4n) is 1.32. The fourth-order valence-corrected chi connectivity index (χ4v) is 1.90. The zero-order chi connectivity index (χ0) is 15.5. The van der Waals surface area contributed by atoms with Crippen molar-refractivity contribution in [2.45, 2.75) is 20.8 Å². The van der Waals surface area contributed by atoms with Crippen LogP contribution in [0.4, 0.5) is 10.5 Å². The van der Waals surface area contributed by atoms with Gasteiger partial charge in [0.15, 0.2) is 0 Å². The molecule has 0 aromatic heterocycles. The second-order valence-electron chi connectivity index (χ2n) is 5.49. The Morgan fingerprint density at radius 3 is 2.10 bits per heavy atom. The Morgan fingerprint density at radius 2 is 1.70 bits per heavy atom. The third-order valence-electron chi connectivity index (χ3n) is 2.31. The number of hydrogen-bond acceptors (Lipinski definition) is 2. The van der Waals surface area contributed by atoms with Crippen molar-refractivity contribution < 1.29 is 14.7 Å². The van der Waals surface area contributed by atoms with Crippen LogP contribution in [-0.2, 0) is 0 Å². The topological polar surface area (TPSA) is 78.4 Å². The largest absolute Gasteiger partial charge is 0.478 e. The summed E-state index contributed by atoms with van der Waals surface area (Å²) in [5.74, 6) is -1.14. The molecule has 0 atom stereocenters. The predicted molar refractivity (Wildman–Crippen MR) is 79.9 cm³/mol. The Hall–Kier alpha value is -1.46. The molecular weight excluding hydrogens is 303 g/mol. The van der Waals surface area contributed by atoms with Gasteiger partial charge in [0.25, 0.3) is 0 Å². The summed E-state index contributed by atoms with van der Waals surface area (Å²) in [6, 6.07) is 2.01. The molecule has 1 rings (SSSR count). The van der Waals surface area contributed by atoms with Crippen LogP contribution in [0.1, 0.15) is 31.1 Å². The van der Waals surface area contributed by atoms with E-state index in [1.807, 2.05) is 20.8 Å². The molecule has 7 heteroatoms. The van der Waals surface area contributed by atoms with E-state index in [1.165, 1.54) is 12.1 Å². The van der Waals surface area contributed by atoms with Gasteiger partial charge in [-0.1, -0.05) is 44.0 Å². The molecule has 0 saturated heterocycles. The molecule has 5 nitrogen and oxygen atoms in total. The van der Waals surface area contributed by atoms with Crippen molar-refractivity contribution in [1.29, 1.82) is 0 Å². The highest BCUT2D eigenvalue weighted by Gasteiger charge is 2.16. The second-order valence-corrected chi connectivity index (χ2v) is 6.30. The van der Waals surface area contributed by atoms with Gasteiger partial charge < -0.3 is 15.7 Å². The summed E-state index contributed by atoms with van der Waals surface area (Å²) < 4.78 is 0. The molecule has 3 N–H and O–H groups in total. The third kappa shape index (κ3) is 4.90. The standard InChI is InChI=1S/C13H16Cl2N2O3/c1-13(2,3)6-16-12(20)17-10-8(14)4-7(11(18)19)5-9(10)15/h4-5H,6H2,1-3H3,(H,18,19)(H2,16,17,20). The van der Waals surface area contributed by atoms with Gasteiger partial charge in [-0.15, -0.1) is 0 Å². The van der Waals surface area contributed by atoms with E-state index in [0.717, 1.165) is 0 Å². The normalized spacial score (nSPS) is 11.1. The van der Waals surface area contributed by atoms with Gasteiger partial charge in [-0.05, 0) is 17.5 Å². The molecule has 0 aliphatic carbocycles. The average molecular weight is 319 g/mol. The molecule has 0 bridgehead atoms. The molecule has 2 amide bonds. The summed E-state index contributed by atoms with van der Waals surface area (Å²) in [6.07, 6.45) is 0. The smallest absolute Gasteiger partial charge is 0.335 e. The zero-order valence-corrected chi connectivity index (χ0v) is 12.9. The van der Waals surface area contributed by atoms with Crippen LogP contribution in [-0.4, -0.2) is 23.7 Å². The van der Waals surface area contributed by atoms with E-state index < -0.39 is 12.0 Å². The van der Waals surface area contributed by atoms with Crippen LogP contribution < -0.4 is 10.6 Å². The number of hydrogen-bond donors (Lipinski definition) is 3. The van der Waals surface area contributed by atoms with Crippen LogP contribution in [0.5, 0.6) is 0 Å². The number of carboxylic acids is 1. The van der Waals surface area contributed by atoms with E-state index in [4.69, 9.17) is 28.3 Å². The minimum Gasteiger partial charge on any atom is -0.478 e. The van der Waals surface area contributed by atoms with Crippen molar-refractivity contribution in [2.75, 3.05) is 11.9 Å². The number of rotatable bonds is 3. The van der Waals surface area contributed by atoms with Crippen molar-refractivity contribution in [3.05, 3.63) is 27.7 Å². The summed E-state index contributed by atoms with van der Waals surface area (Å²) in [7, 11) is 0. The molecule has 0 radical (unpaired) electrons. The van der Waals surface area contributed by atoms with Gasteiger partial charge in [0.2, 0.25) is 0 Å². The molecule has 0 unspecified atom stereocenters. The molecular formula is C13H16Cl2N2O3. The van der Waals surface area contributed by atoms with Gasteiger partial charge in [-0.25, -0.2) is 9.59 Å². The van der Waals surface area contributed by atoms with Gasteiger partial charge in [0.1, 0.15) is 0 Å². The molecule has 0 aliphatic heterocycles. The highest BCUT2D eigenvalue weighted by Crippen LogP contribution is 2.31. The monoisotopic (exact) mass is 318 g/mol. The number of anilines is 1. The van der Waals surface area contributed by atoms with Crippen molar-refractivity contribution in [3.8, 4) is 0 Å². The maximum atomic E-state index is 11.7. The molecule has 0 spiro atoms. The first-order valence-corrected chi connectivity index (χ1v) is 6.63. The molecule has 1 aromatic carbocycles. The maximum Gasteiger partial charge on any atom is 0.335 e. The minimum atomic E-state index is -1.14. The number of urea groups is 1. The molecule has 0 fully saturated rings. The zero-order valence-electron chi connectivity index (χ0n) is 11.4. The summed E-state index contributed by atoms with van der Waals surface area (Å²) in [5.41, 5.74) is 0.0864. The van der Waals surface area contributed by atoms with Crippen LogP contribution in [0.15, 0.2) is 12.1 Å². The van der Waals surface area contributed by atoms with Crippen LogP contribution in [0.3, 0.4) is 0 Å². The third-order valence-corrected chi connectivity index (χ3v) is 2.90. The number of aromatic carboxylic acids is 1. The van der Waals surface area contributed by atoms with E-state index in [9.17, 15) is 9.59 Å². The van der Waals surface area contributed by atoms with Crippen LogP contribution in [0, 0.1) is 5.41 Å².